The van der Waals surface area contributed by atoms with Gasteiger partial charge in [-0.2, -0.15) is 0 Å². The number of anilines is 1. The van der Waals surface area contributed by atoms with E-state index in [1.807, 2.05) is 32.9 Å². The van der Waals surface area contributed by atoms with Crippen LogP contribution in [0.15, 0.2) is 29.6 Å². The monoisotopic (exact) mass is 464 g/mol. The van der Waals surface area contributed by atoms with Gasteiger partial charge in [-0.1, -0.05) is 12.7 Å². The summed E-state index contributed by atoms with van der Waals surface area (Å²) in [4.78, 5) is 33.3. The van der Waals surface area contributed by atoms with Gasteiger partial charge in [-0.25, -0.2) is 0 Å². The molecule has 1 heterocycles. The van der Waals surface area contributed by atoms with E-state index < -0.39 is 0 Å². The number of nitrogens with zero attached hydrogens (tertiary/aromatic N) is 2. The van der Waals surface area contributed by atoms with Crippen LogP contribution in [0.2, 0.25) is 0 Å². The number of pyridine rings is 1. The highest BCUT2D eigenvalue weighted by Gasteiger charge is 2.28. The number of benzene rings is 1. The maximum Gasteiger partial charge on any atom is 0.253 e. The van der Waals surface area contributed by atoms with Crippen molar-refractivity contribution in [1.82, 2.24) is 15.2 Å². The number of nitrogens with one attached hydrogen (secondary N) is 2. The molecule has 3 rings (SSSR count). The van der Waals surface area contributed by atoms with E-state index in [0.717, 1.165) is 47.5 Å². The van der Waals surface area contributed by atoms with Crippen molar-refractivity contribution in [2.75, 3.05) is 25.5 Å². The average molecular weight is 465 g/mol. The van der Waals surface area contributed by atoms with E-state index in [2.05, 4.69) is 53.8 Å². The number of H-pyrrole nitrogens is 1. The zero-order valence-corrected chi connectivity index (χ0v) is 21.6. The molecule has 0 aliphatic heterocycles. The maximum atomic E-state index is 13.3. The minimum atomic E-state index is -0.172. The number of hydrogen-bond acceptors (Lipinski definition) is 4. The number of aryl methyl sites for hydroxylation is 2. The summed E-state index contributed by atoms with van der Waals surface area (Å²) in [6, 6.07) is 7.07. The van der Waals surface area contributed by atoms with Crippen molar-refractivity contribution in [3.05, 3.63) is 68.6 Å². The lowest BCUT2D eigenvalue weighted by atomic mass is 9.88. The first-order valence-electron chi connectivity index (χ1n) is 12.3. The van der Waals surface area contributed by atoms with Crippen LogP contribution in [0.1, 0.15) is 70.9 Å². The van der Waals surface area contributed by atoms with Crippen LogP contribution in [-0.2, 0) is 6.54 Å². The van der Waals surface area contributed by atoms with E-state index in [1.165, 1.54) is 12.8 Å². The Balaban J connectivity index is 1.86. The van der Waals surface area contributed by atoms with Crippen LogP contribution in [0.5, 0.6) is 0 Å². The Morgan fingerprint density at radius 1 is 1.12 bits per heavy atom. The van der Waals surface area contributed by atoms with Crippen LogP contribution in [0.3, 0.4) is 0 Å². The van der Waals surface area contributed by atoms with Gasteiger partial charge in [0.2, 0.25) is 0 Å². The molecule has 1 saturated carbocycles. The van der Waals surface area contributed by atoms with Gasteiger partial charge in [-0.15, -0.1) is 0 Å². The zero-order chi connectivity index (χ0) is 25.0. The summed E-state index contributed by atoms with van der Waals surface area (Å²) in [7, 11) is 4.33. The van der Waals surface area contributed by atoms with Gasteiger partial charge in [0.1, 0.15) is 0 Å². The van der Waals surface area contributed by atoms with Crippen LogP contribution in [-0.4, -0.2) is 48.5 Å². The predicted octanol–water partition coefficient (Wildman–Crippen LogP) is 4.57. The Morgan fingerprint density at radius 3 is 2.32 bits per heavy atom. The molecule has 184 valence electrons. The number of hydrogen-bond donors (Lipinski definition) is 2. The fourth-order valence-electron chi connectivity index (χ4n) is 5.25. The largest absolute Gasteiger partial charge is 0.369 e. The first kappa shape index (κ1) is 25.8. The second-order valence-corrected chi connectivity index (χ2v) is 9.75. The molecule has 1 aliphatic rings. The summed E-state index contributed by atoms with van der Waals surface area (Å²) in [5, 5.41) is 2.97. The fraction of sp³-hybridized carbons (Fsp3) is 0.500. The highest BCUT2D eigenvalue weighted by Crippen LogP contribution is 2.33. The van der Waals surface area contributed by atoms with Crippen molar-refractivity contribution in [1.29, 1.82) is 0 Å². The molecule has 1 aliphatic carbocycles. The summed E-state index contributed by atoms with van der Waals surface area (Å²) in [5.74, 6) is -0.172. The molecule has 0 atom stereocenters. The molecule has 6 nitrogen and oxygen atoms in total. The highest BCUT2D eigenvalue weighted by atomic mass is 16.1. The van der Waals surface area contributed by atoms with Gasteiger partial charge >= 0.3 is 0 Å². The summed E-state index contributed by atoms with van der Waals surface area (Å²) in [6.45, 7) is 13.0. The Labute approximate surface area is 204 Å². The van der Waals surface area contributed by atoms with E-state index in [-0.39, 0.29) is 18.0 Å². The van der Waals surface area contributed by atoms with E-state index in [9.17, 15) is 9.59 Å². The molecule has 0 radical (unpaired) electrons. The van der Waals surface area contributed by atoms with Crippen molar-refractivity contribution >= 4 is 17.7 Å². The lowest BCUT2D eigenvalue weighted by molar-refractivity contribution is 0.0950. The summed E-state index contributed by atoms with van der Waals surface area (Å²) in [5.41, 5.74) is 5.76. The highest BCUT2D eigenvalue weighted by molar-refractivity contribution is 5.98. The van der Waals surface area contributed by atoms with Crippen molar-refractivity contribution in [2.24, 2.45) is 0 Å². The minimum Gasteiger partial charge on any atom is -0.369 e. The smallest absolute Gasteiger partial charge is 0.253 e. The fourth-order valence-corrected chi connectivity index (χ4v) is 5.25. The normalized spacial score (nSPS) is 18.1. The molecular formula is C28H40N4O2. The molecule has 2 aromatic rings. The number of rotatable bonds is 8. The molecular weight excluding hydrogens is 424 g/mol. The van der Waals surface area contributed by atoms with E-state index in [0.29, 0.717) is 23.2 Å². The van der Waals surface area contributed by atoms with E-state index >= 15 is 0 Å². The van der Waals surface area contributed by atoms with Crippen LogP contribution in [0.25, 0.3) is 6.08 Å². The topological polar surface area (TPSA) is 68.4 Å². The second-order valence-electron chi connectivity index (χ2n) is 9.75. The number of carbonyl (C=O) groups excluding carboxylic acids is 1. The molecule has 6 heteroatoms. The van der Waals surface area contributed by atoms with Gasteiger partial charge in [0, 0.05) is 47.7 Å². The number of amides is 1. The Bertz CT molecular complexity index is 1090. The molecule has 0 spiro atoms. The predicted molar refractivity (Wildman–Crippen MR) is 142 cm³/mol. The molecule has 1 fully saturated rings. The molecule has 2 N–H and O–H groups in total. The van der Waals surface area contributed by atoms with Gasteiger partial charge < -0.3 is 20.1 Å². The third kappa shape index (κ3) is 5.61. The second kappa shape index (κ2) is 11.0. The molecule has 0 saturated heterocycles. The van der Waals surface area contributed by atoms with Crippen LogP contribution >= 0.6 is 0 Å². The molecule has 0 bridgehead atoms. The van der Waals surface area contributed by atoms with Crippen LogP contribution in [0.4, 0.5) is 5.69 Å². The van der Waals surface area contributed by atoms with Crippen LogP contribution in [0, 0.1) is 20.8 Å². The quantitative estimate of drug-likeness (QED) is 0.600. The molecule has 34 heavy (non-hydrogen) atoms. The van der Waals surface area contributed by atoms with Gasteiger partial charge in [-0.05, 0) is 102 Å². The van der Waals surface area contributed by atoms with Crippen molar-refractivity contribution in [3.63, 3.8) is 0 Å². The van der Waals surface area contributed by atoms with Gasteiger partial charge in [0.15, 0.2) is 0 Å². The third-order valence-corrected chi connectivity index (χ3v) is 7.29. The maximum absolute atomic E-state index is 13.3. The molecule has 1 aromatic carbocycles. The molecule has 0 unspecified atom stereocenters. The third-order valence-electron chi connectivity index (χ3n) is 7.29. The van der Waals surface area contributed by atoms with Crippen LogP contribution < -0.4 is 15.8 Å². The summed E-state index contributed by atoms with van der Waals surface area (Å²) in [6.07, 6.45) is 6.46. The summed E-state index contributed by atoms with van der Waals surface area (Å²) < 4.78 is 0. The van der Waals surface area contributed by atoms with Crippen molar-refractivity contribution < 1.29 is 4.79 Å². The summed E-state index contributed by atoms with van der Waals surface area (Å²) >= 11 is 0. The number of aromatic amines is 1. The molecule has 1 amide bonds. The first-order valence-corrected chi connectivity index (χ1v) is 12.3. The Hall–Kier alpha value is -2.86. The molecule has 1 aromatic heterocycles. The lowest BCUT2D eigenvalue weighted by Gasteiger charge is -2.40. The van der Waals surface area contributed by atoms with Gasteiger partial charge in [0.05, 0.1) is 0 Å². The number of carbonyl (C=O) groups is 1. The van der Waals surface area contributed by atoms with E-state index in [1.54, 1.807) is 6.08 Å². The number of aromatic nitrogens is 1. The van der Waals surface area contributed by atoms with Crippen molar-refractivity contribution in [2.45, 2.75) is 72.0 Å². The zero-order valence-electron chi connectivity index (χ0n) is 21.6. The minimum absolute atomic E-state index is 0.152. The van der Waals surface area contributed by atoms with Gasteiger partial charge in [-0.3, -0.25) is 9.59 Å². The Morgan fingerprint density at radius 2 is 1.76 bits per heavy atom. The Kier molecular flexibility index (Phi) is 8.37. The van der Waals surface area contributed by atoms with E-state index in [4.69, 9.17) is 0 Å². The van der Waals surface area contributed by atoms with Gasteiger partial charge in [0.25, 0.3) is 11.5 Å². The lowest BCUT2D eigenvalue weighted by Crippen LogP contribution is -2.42. The average Bonchev–Trinajstić information content (AvgIpc) is 2.80. The standard InChI is InChI=1S/C28H40N4O2/c1-8-21-15-24(27(33)29-17-25-18(3)14-19(4)30-28(25)34)20(5)26(16-21)32(9-2)23-12-10-22(11-13-23)31(6)7/h8,14-16,22-23H,1,9-13,17H2,2-7H3,(H,29,33)(H,30,34)/t22-,23-. The van der Waals surface area contributed by atoms with Crippen molar-refractivity contribution in [3.8, 4) is 0 Å². The first-order chi connectivity index (χ1) is 16.2. The SMILES string of the molecule is C=Cc1cc(C(=O)NCc2c(C)cc(C)[nH]c2=O)c(C)c(N(CC)[C@H]2CC[C@H](N(C)C)CC2)c1.